The molecule has 0 saturated heterocycles. The number of hydroxylamine groups is 1. The molecule has 0 aromatic heterocycles. The van der Waals surface area contributed by atoms with Crippen LogP contribution in [0, 0.1) is 0 Å². The lowest BCUT2D eigenvalue weighted by atomic mass is 9.99. The predicted molar refractivity (Wildman–Crippen MR) is 95.9 cm³/mol. The largest absolute Gasteiger partial charge is 0.494 e. The van der Waals surface area contributed by atoms with Gasteiger partial charge in [-0.1, -0.05) is 56.2 Å². The van der Waals surface area contributed by atoms with Gasteiger partial charge in [0.15, 0.2) is 0 Å². The molecular weight excluding hydrogens is 302 g/mol. The van der Waals surface area contributed by atoms with Crippen molar-refractivity contribution >= 4 is 12.0 Å². The number of carbonyl (C=O) groups excluding carboxylic acids is 1. The summed E-state index contributed by atoms with van der Waals surface area (Å²) in [4.78, 5) is 11.2. The highest BCUT2D eigenvalue weighted by Crippen LogP contribution is 2.29. The summed E-state index contributed by atoms with van der Waals surface area (Å²) in [7, 11) is 0. The van der Waals surface area contributed by atoms with Crippen LogP contribution in [0.5, 0.6) is 5.75 Å². The number of carbonyl (C=O) groups is 1. The van der Waals surface area contributed by atoms with Gasteiger partial charge in [-0.15, -0.1) is 0 Å². The molecule has 126 valence electrons. The van der Waals surface area contributed by atoms with Crippen molar-refractivity contribution < 1.29 is 14.7 Å². The average molecular weight is 325 g/mol. The summed E-state index contributed by atoms with van der Waals surface area (Å²) in [6, 6.07) is 15.7. The van der Waals surface area contributed by atoms with Crippen LogP contribution in [0.4, 0.5) is 0 Å². The van der Waals surface area contributed by atoms with Gasteiger partial charge in [0.1, 0.15) is 5.75 Å². The zero-order valence-corrected chi connectivity index (χ0v) is 13.9. The molecule has 4 nitrogen and oxygen atoms in total. The maximum atomic E-state index is 11.2. The number of ether oxygens (including phenoxy) is 1. The first-order valence-corrected chi connectivity index (χ1v) is 8.19. The fourth-order valence-electron chi connectivity index (χ4n) is 2.38. The van der Waals surface area contributed by atoms with Gasteiger partial charge in [-0.3, -0.25) is 10.0 Å². The smallest absolute Gasteiger partial charge is 0.267 e. The molecule has 4 heteroatoms. The summed E-state index contributed by atoms with van der Waals surface area (Å²) in [6.07, 6.45) is 6.33. The second kappa shape index (κ2) is 9.53. The average Bonchev–Trinajstić information content (AvgIpc) is 2.64. The van der Waals surface area contributed by atoms with Crippen molar-refractivity contribution in [3.63, 3.8) is 0 Å². The molecule has 2 aromatic carbocycles. The highest BCUT2D eigenvalue weighted by Gasteiger charge is 2.06. The number of rotatable bonds is 8. The Morgan fingerprint density at radius 2 is 1.96 bits per heavy atom. The van der Waals surface area contributed by atoms with E-state index in [-0.39, 0.29) is 0 Å². The van der Waals surface area contributed by atoms with Gasteiger partial charge in [-0.25, -0.2) is 5.48 Å². The van der Waals surface area contributed by atoms with Crippen molar-refractivity contribution in [2.24, 2.45) is 0 Å². The molecule has 2 aromatic rings. The molecule has 24 heavy (non-hydrogen) atoms. The minimum Gasteiger partial charge on any atom is -0.494 e. The number of unbranched alkanes of at least 4 members (excludes halogenated alkanes) is 2. The zero-order chi connectivity index (χ0) is 17.2. The summed E-state index contributed by atoms with van der Waals surface area (Å²) in [6.45, 7) is 2.86. The van der Waals surface area contributed by atoms with Crippen LogP contribution in [0.2, 0.25) is 0 Å². The number of benzene rings is 2. The molecule has 0 unspecified atom stereocenters. The molecule has 0 atom stereocenters. The van der Waals surface area contributed by atoms with E-state index >= 15 is 0 Å². The third-order valence-electron chi connectivity index (χ3n) is 3.65. The van der Waals surface area contributed by atoms with Gasteiger partial charge in [0.25, 0.3) is 5.91 Å². The predicted octanol–water partition coefficient (Wildman–Crippen LogP) is 4.44. The SMILES string of the molecule is CCCCCOc1ccc(/C=C/C(=O)NO)c(-c2ccccc2)c1. The number of hydrogen-bond acceptors (Lipinski definition) is 3. The monoisotopic (exact) mass is 325 g/mol. The lowest BCUT2D eigenvalue weighted by molar-refractivity contribution is -0.124. The van der Waals surface area contributed by atoms with Crippen molar-refractivity contribution in [3.8, 4) is 16.9 Å². The summed E-state index contributed by atoms with van der Waals surface area (Å²) < 4.78 is 5.83. The highest BCUT2D eigenvalue weighted by molar-refractivity contribution is 5.92. The van der Waals surface area contributed by atoms with E-state index in [0.717, 1.165) is 41.7 Å². The fraction of sp³-hybridized carbons (Fsp3) is 0.250. The normalized spacial score (nSPS) is 10.8. The van der Waals surface area contributed by atoms with Crippen LogP contribution < -0.4 is 10.2 Å². The van der Waals surface area contributed by atoms with Crippen LogP contribution in [0.15, 0.2) is 54.6 Å². The molecule has 0 aliphatic heterocycles. The second-order valence-electron chi connectivity index (χ2n) is 5.48. The molecule has 0 fully saturated rings. The van der Waals surface area contributed by atoms with Gasteiger partial charge in [-0.2, -0.15) is 0 Å². The van der Waals surface area contributed by atoms with Gasteiger partial charge in [0.05, 0.1) is 6.61 Å². The molecule has 2 N–H and O–H groups in total. The minimum atomic E-state index is -0.561. The van der Waals surface area contributed by atoms with Gasteiger partial charge >= 0.3 is 0 Å². The minimum absolute atomic E-state index is 0.561. The lowest BCUT2D eigenvalue weighted by Crippen LogP contribution is -2.14. The Balaban J connectivity index is 2.26. The molecule has 0 aliphatic rings. The zero-order valence-electron chi connectivity index (χ0n) is 13.9. The highest BCUT2D eigenvalue weighted by atomic mass is 16.5. The van der Waals surface area contributed by atoms with Crippen molar-refractivity contribution in [2.75, 3.05) is 6.61 Å². The van der Waals surface area contributed by atoms with E-state index in [9.17, 15) is 4.79 Å². The van der Waals surface area contributed by atoms with Crippen LogP contribution in [-0.4, -0.2) is 17.7 Å². The van der Waals surface area contributed by atoms with E-state index < -0.39 is 5.91 Å². The first kappa shape index (κ1) is 17.8. The molecule has 1 amide bonds. The Morgan fingerprint density at radius 1 is 1.17 bits per heavy atom. The van der Waals surface area contributed by atoms with Crippen LogP contribution in [-0.2, 0) is 4.79 Å². The lowest BCUT2D eigenvalue weighted by Gasteiger charge is -2.11. The van der Waals surface area contributed by atoms with Crippen LogP contribution in [0.25, 0.3) is 17.2 Å². The quantitative estimate of drug-likeness (QED) is 0.326. The fourth-order valence-corrected chi connectivity index (χ4v) is 2.38. The third kappa shape index (κ3) is 5.25. The van der Waals surface area contributed by atoms with Gasteiger partial charge in [0.2, 0.25) is 0 Å². The van der Waals surface area contributed by atoms with E-state index in [4.69, 9.17) is 9.94 Å². The van der Waals surface area contributed by atoms with Crippen LogP contribution >= 0.6 is 0 Å². The maximum absolute atomic E-state index is 11.2. The Hall–Kier alpha value is -2.59. The molecular formula is C20H23NO3. The maximum Gasteiger partial charge on any atom is 0.267 e. The Kier molecular flexibility index (Phi) is 7.05. The molecule has 0 saturated carbocycles. The summed E-state index contributed by atoms with van der Waals surface area (Å²) >= 11 is 0. The van der Waals surface area contributed by atoms with E-state index in [2.05, 4.69) is 6.92 Å². The topological polar surface area (TPSA) is 58.6 Å². The van der Waals surface area contributed by atoms with E-state index in [1.807, 2.05) is 48.5 Å². The molecule has 0 heterocycles. The summed E-state index contributed by atoms with van der Waals surface area (Å²) in [5.41, 5.74) is 4.50. The van der Waals surface area contributed by atoms with Gasteiger partial charge < -0.3 is 4.74 Å². The van der Waals surface area contributed by atoms with Gasteiger partial charge in [0, 0.05) is 6.08 Å². The van der Waals surface area contributed by atoms with E-state index in [1.165, 1.54) is 6.08 Å². The summed E-state index contributed by atoms with van der Waals surface area (Å²) in [5, 5.41) is 8.61. The Morgan fingerprint density at radius 3 is 2.67 bits per heavy atom. The third-order valence-corrected chi connectivity index (χ3v) is 3.65. The molecule has 2 rings (SSSR count). The summed E-state index contributed by atoms with van der Waals surface area (Å²) in [5.74, 6) is 0.252. The van der Waals surface area contributed by atoms with Crippen molar-refractivity contribution in [1.82, 2.24) is 5.48 Å². The Bertz CT molecular complexity index is 681. The van der Waals surface area contributed by atoms with Crippen molar-refractivity contribution in [2.45, 2.75) is 26.2 Å². The first-order chi connectivity index (χ1) is 11.7. The van der Waals surface area contributed by atoms with E-state index in [0.29, 0.717) is 6.61 Å². The van der Waals surface area contributed by atoms with Crippen molar-refractivity contribution in [3.05, 3.63) is 60.2 Å². The number of hydrogen-bond donors (Lipinski definition) is 2. The van der Waals surface area contributed by atoms with Crippen LogP contribution in [0.1, 0.15) is 31.7 Å². The molecule has 0 radical (unpaired) electrons. The standard InChI is InChI=1S/C20H23NO3/c1-2-3-7-14-24-18-12-10-17(11-13-20(22)21-23)19(15-18)16-8-5-4-6-9-16/h4-6,8-13,15,23H,2-3,7,14H2,1H3,(H,21,22)/b13-11+. The molecule has 0 aliphatic carbocycles. The van der Waals surface area contributed by atoms with Crippen molar-refractivity contribution in [1.29, 1.82) is 0 Å². The Labute approximate surface area is 142 Å². The van der Waals surface area contributed by atoms with E-state index in [1.54, 1.807) is 11.6 Å². The number of amides is 1. The molecule has 0 bridgehead atoms. The first-order valence-electron chi connectivity index (χ1n) is 8.19. The number of nitrogens with one attached hydrogen (secondary N) is 1. The second-order valence-corrected chi connectivity index (χ2v) is 5.48. The van der Waals surface area contributed by atoms with Gasteiger partial charge in [-0.05, 0) is 41.3 Å². The van der Waals surface area contributed by atoms with Crippen LogP contribution in [0.3, 0.4) is 0 Å². The molecule has 0 spiro atoms.